The summed E-state index contributed by atoms with van der Waals surface area (Å²) in [5, 5.41) is 5.61. The van der Waals surface area contributed by atoms with Crippen LogP contribution in [-0.4, -0.2) is 53.5 Å². The van der Waals surface area contributed by atoms with Gasteiger partial charge in [0.05, 0.1) is 19.4 Å². The number of thiocarbonyl (C=S) groups is 1. The van der Waals surface area contributed by atoms with Crippen molar-refractivity contribution in [2.75, 3.05) is 19.7 Å². The fraction of sp³-hybridized carbons (Fsp3) is 0.600. The minimum Gasteiger partial charge on any atom is -0.466 e. The summed E-state index contributed by atoms with van der Waals surface area (Å²) < 4.78 is 5.35. The number of hydrogen-bond acceptors (Lipinski definition) is 5. The Labute approximate surface area is 202 Å². The molecule has 1 heterocycles. The van der Waals surface area contributed by atoms with Gasteiger partial charge in [0.15, 0.2) is 5.11 Å². The van der Waals surface area contributed by atoms with E-state index in [1.165, 1.54) is 32.1 Å². The highest BCUT2D eigenvalue weighted by molar-refractivity contribution is 7.80. The zero-order valence-corrected chi connectivity index (χ0v) is 20.5. The minimum absolute atomic E-state index is 0.0997. The maximum Gasteiger partial charge on any atom is 0.308 e. The monoisotopic (exact) mass is 475 g/mol. The number of amides is 2. The summed E-state index contributed by atoms with van der Waals surface area (Å²) in [6, 6.07) is 8.56. The molecule has 0 aromatic heterocycles. The lowest BCUT2D eigenvalue weighted by Crippen LogP contribution is -2.60. The number of nitrogens with zero attached hydrogens (tertiary/aromatic N) is 1. The van der Waals surface area contributed by atoms with Gasteiger partial charge in [-0.1, -0.05) is 82.2 Å². The molecule has 1 saturated heterocycles. The lowest BCUT2D eigenvalue weighted by Gasteiger charge is -2.36. The molecule has 33 heavy (non-hydrogen) atoms. The van der Waals surface area contributed by atoms with Crippen molar-refractivity contribution in [1.82, 2.24) is 15.5 Å². The van der Waals surface area contributed by atoms with Crippen molar-refractivity contribution < 1.29 is 19.1 Å². The first-order valence-electron chi connectivity index (χ1n) is 12.1. The molecule has 0 spiro atoms. The van der Waals surface area contributed by atoms with E-state index in [4.69, 9.17) is 17.0 Å². The lowest BCUT2D eigenvalue weighted by molar-refractivity contribution is -0.147. The van der Waals surface area contributed by atoms with Crippen LogP contribution in [0, 0.1) is 0 Å². The molecule has 1 unspecified atom stereocenters. The summed E-state index contributed by atoms with van der Waals surface area (Å²) >= 11 is 5.38. The lowest BCUT2D eigenvalue weighted by atomic mass is 10.1. The molecule has 1 atom stereocenters. The average Bonchev–Trinajstić information content (AvgIpc) is 2.79. The molecular formula is C25H37N3O4S. The first-order valence-corrected chi connectivity index (χ1v) is 12.5. The second-order valence-electron chi connectivity index (χ2n) is 8.42. The van der Waals surface area contributed by atoms with Crippen LogP contribution in [0.25, 0.3) is 0 Å². The van der Waals surface area contributed by atoms with E-state index < -0.39 is 12.0 Å². The zero-order chi connectivity index (χ0) is 23.9. The molecule has 1 aromatic carbocycles. The summed E-state index contributed by atoms with van der Waals surface area (Å²) in [4.78, 5) is 38.7. The van der Waals surface area contributed by atoms with Crippen LogP contribution in [0.4, 0.5) is 0 Å². The van der Waals surface area contributed by atoms with Gasteiger partial charge in [-0.25, -0.2) is 0 Å². The Balaban J connectivity index is 1.73. The number of benzene rings is 1. The summed E-state index contributed by atoms with van der Waals surface area (Å²) in [6.07, 6.45) is 9.42. The third-order valence-corrected chi connectivity index (χ3v) is 6.00. The van der Waals surface area contributed by atoms with Crippen molar-refractivity contribution in [2.45, 2.75) is 77.2 Å². The largest absolute Gasteiger partial charge is 0.466 e. The quantitative estimate of drug-likeness (QED) is 0.258. The first kappa shape index (κ1) is 26.8. The summed E-state index contributed by atoms with van der Waals surface area (Å²) in [7, 11) is 0. The Morgan fingerprint density at radius 2 is 1.76 bits per heavy atom. The van der Waals surface area contributed by atoms with Gasteiger partial charge in [-0.3, -0.25) is 14.4 Å². The van der Waals surface area contributed by atoms with Crippen molar-refractivity contribution in [3.8, 4) is 0 Å². The van der Waals surface area contributed by atoms with E-state index in [9.17, 15) is 14.4 Å². The van der Waals surface area contributed by atoms with Gasteiger partial charge in [0.2, 0.25) is 11.8 Å². The summed E-state index contributed by atoms with van der Waals surface area (Å²) in [5.41, 5.74) is 0.871. The zero-order valence-electron chi connectivity index (χ0n) is 19.6. The van der Waals surface area contributed by atoms with Gasteiger partial charge in [0.25, 0.3) is 0 Å². The Hall–Kier alpha value is -2.48. The molecule has 2 rings (SSSR count). The van der Waals surface area contributed by atoms with E-state index in [-0.39, 0.29) is 29.8 Å². The predicted molar refractivity (Wildman–Crippen MR) is 133 cm³/mol. The van der Waals surface area contributed by atoms with Gasteiger partial charge in [0, 0.05) is 13.1 Å². The van der Waals surface area contributed by atoms with E-state index in [2.05, 4.69) is 17.6 Å². The number of carbonyl (C=O) groups is 3. The van der Waals surface area contributed by atoms with Crippen LogP contribution in [0.5, 0.6) is 0 Å². The third-order valence-electron chi connectivity index (χ3n) is 5.67. The molecule has 8 heteroatoms. The van der Waals surface area contributed by atoms with Crippen LogP contribution >= 0.6 is 12.2 Å². The molecule has 1 aromatic rings. The van der Waals surface area contributed by atoms with Crippen LogP contribution in [0.1, 0.15) is 70.3 Å². The van der Waals surface area contributed by atoms with Crippen LogP contribution in [0.3, 0.4) is 0 Å². The van der Waals surface area contributed by atoms with Gasteiger partial charge < -0.3 is 20.3 Å². The maximum absolute atomic E-state index is 12.4. The van der Waals surface area contributed by atoms with Gasteiger partial charge >= 0.3 is 5.97 Å². The van der Waals surface area contributed by atoms with Crippen molar-refractivity contribution in [2.24, 2.45) is 0 Å². The smallest absolute Gasteiger partial charge is 0.308 e. The van der Waals surface area contributed by atoms with Crippen molar-refractivity contribution in [3.05, 3.63) is 35.9 Å². The van der Waals surface area contributed by atoms with Crippen LogP contribution in [0.15, 0.2) is 30.3 Å². The molecule has 0 bridgehead atoms. The number of carbonyl (C=O) groups excluding carboxylic acids is 3. The number of rotatable bonds is 13. The number of unbranched alkanes of at least 4 members (excludes halogenated alkanes) is 7. The maximum atomic E-state index is 12.4. The van der Waals surface area contributed by atoms with E-state index in [0.29, 0.717) is 19.7 Å². The molecule has 1 fully saturated rings. The molecule has 1 aliphatic heterocycles. The molecule has 2 amide bonds. The second kappa shape index (κ2) is 15.4. The van der Waals surface area contributed by atoms with Gasteiger partial charge in [-0.2, -0.15) is 0 Å². The molecule has 0 radical (unpaired) electrons. The molecule has 0 aliphatic carbocycles. The highest BCUT2D eigenvalue weighted by Gasteiger charge is 2.34. The normalized spacial score (nSPS) is 15.6. The van der Waals surface area contributed by atoms with Crippen molar-refractivity contribution >= 4 is 35.1 Å². The number of piperazine rings is 1. The topological polar surface area (TPSA) is 87.7 Å². The van der Waals surface area contributed by atoms with Gasteiger partial charge in [-0.05, 0) is 24.2 Å². The highest BCUT2D eigenvalue weighted by Crippen LogP contribution is 2.12. The molecular weight excluding hydrogens is 438 g/mol. The predicted octanol–water partition coefficient (Wildman–Crippen LogP) is 3.50. The highest BCUT2D eigenvalue weighted by atomic mass is 32.1. The Morgan fingerprint density at radius 1 is 1.09 bits per heavy atom. The van der Waals surface area contributed by atoms with E-state index in [0.717, 1.165) is 24.8 Å². The molecule has 182 valence electrons. The molecule has 1 aliphatic rings. The summed E-state index contributed by atoms with van der Waals surface area (Å²) in [5.74, 6) is -0.971. The van der Waals surface area contributed by atoms with E-state index in [1.807, 2.05) is 30.3 Å². The fourth-order valence-electron chi connectivity index (χ4n) is 3.82. The van der Waals surface area contributed by atoms with Crippen LogP contribution in [-0.2, 0) is 25.5 Å². The van der Waals surface area contributed by atoms with Crippen LogP contribution < -0.4 is 10.6 Å². The number of ether oxygens (including phenoxy) is 1. The Bertz CT molecular complexity index is 772. The van der Waals surface area contributed by atoms with E-state index in [1.54, 1.807) is 4.90 Å². The third kappa shape index (κ3) is 10.3. The van der Waals surface area contributed by atoms with E-state index >= 15 is 0 Å². The number of esters is 1. The molecule has 7 nitrogen and oxygen atoms in total. The van der Waals surface area contributed by atoms with Gasteiger partial charge in [0.1, 0.15) is 6.04 Å². The van der Waals surface area contributed by atoms with Crippen LogP contribution in [0.2, 0.25) is 0 Å². The second-order valence-corrected chi connectivity index (χ2v) is 8.80. The Morgan fingerprint density at radius 3 is 2.45 bits per heavy atom. The number of nitrogens with one attached hydrogen (secondary N) is 2. The molecule has 2 N–H and O–H groups in total. The fourth-order valence-corrected chi connectivity index (χ4v) is 4.15. The van der Waals surface area contributed by atoms with Crippen molar-refractivity contribution in [1.29, 1.82) is 0 Å². The summed E-state index contributed by atoms with van der Waals surface area (Å²) in [6.45, 7) is 3.39. The first-order chi connectivity index (χ1) is 16.0. The van der Waals surface area contributed by atoms with Gasteiger partial charge in [-0.15, -0.1) is 0 Å². The Kier molecular flexibility index (Phi) is 12.5. The minimum atomic E-state index is -0.783. The molecule has 0 saturated carbocycles. The SMILES string of the molecule is CCCCCCCCCCOC(=O)CC1C(=O)NCCN1C(=S)NC(=O)Cc1ccccc1. The number of hydrogen-bond donors (Lipinski definition) is 2. The average molecular weight is 476 g/mol. The van der Waals surface area contributed by atoms with Crippen molar-refractivity contribution in [3.63, 3.8) is 0 Å². The standard InChI is InChI=1S/C25H37N3O4S/c1-2-3-4-5-6-7-8-12-17-32-23(30)19-21-24(31)26-15-16-28(21)25(33)27-22(29)18-20-13-10-9-11-14-20/h9-11,13-14,21H,2-8,12,15-19H2,1H3,(H,26,31)(H,27,29,33).